The summed E-state index contributed by atoms with van der Waals surface area (Å²) in [5, 5.41) is 31.2. The van der Waals surface area contributed by atoms with Crippen LogP contribution in [0.4, 0.5) is 23.7 Å². The Morgan fingerprint density at radius 2 is 1.62 bits per heavy atom. The standard InChI is InChI=1S/C33H40N4O6.C2HF3O2/c1-22(2)32(41)43-29-15-11-25(12-16-29)35-33(42)36(31(40)30(34)19-23-9-13-27(38)14-10-23)26-7-5-17-37(3,21-26)20-24-6-4-8-28(39)18-24;3-2(4,5)1(6)7/h4,6,8-16,18,22,26,30H,5,7,17,19-21,34H2,1-3H3,(H2-,35,38,39,42);(H,6,7)/t26-,30-,37?;/m0./s1. The minimum Gasteiger partial charge on any atom is -0.542 e. The van der Waals surface area contributed by atoms with Crippen molar-refractivity contribution in [3.05, 3.63) is 83.9 Å². The predicted molar refractivity (Wildman–Crippen MR) is 174 cm³/mol. The van der Waals surface area contributed by atoms with Gasteiger partial charge >= 0.3 is 18.2 Å². The number of alkyl halides is 3. The Kier molecular flexibility index (Phi) is 13.3. The van der Waals surface area contributed by atoms with Gasteiger partial charge in [-0.1, -0.05) is 38.1 Å². The topological polar surface area (TPSA) is 182 Å². The van der Waals surface area contributed by atoms with Crippen molar-refractivity contribution in [2.45, 2.75) is 57.9 Å². The fraction of sp³-hybridized carbons (Fsp3) is 0.371. The maximum atomic E-state index is 13.9. The van der Waals surface area contributed by atoms with E-state index in [1.807, 2.05) is 6.07 Å². The molecule has 12 nitrogen and oxygen atoms in total. The molecular weight excluding hydrogens is 661 g/mol. The molecule has 15 heteroatoms. The third kappa shape index (κ3) is 11.8. The zero-order chi connectivity index (χ0) is 37.2. The molecule has 1 heterocycles. The lowest BCUT2D eigenvalue weighted by molar-refractivity contribution is -0.928. The number of aromatic hydroxyl groups is 2. The van der Waals surface area contributed by atoms with E-state index in [0.29, 0.717) is 35.4 Å². The van der Waals surface area contributed by atoms with Crippen LogP contribution in [-0.2, 0) is 27.3 Å². The SMILES string of the molecule is CC(C)C(=O)Oc1ccc(NC(=O)N(C(=O)[C@@H](N)Cc2ccc(O)cc2)[C@H]2CCC[N+](C)(Cc3cccc(O)c3)C2)cc1.O=C([O-])C(F)(F)F. The normalized spacial score (nSPS) is 17.9. The number of rotatable bonds is 9. The van der Waals surface area contributed by atoms with E-state index in [-0.39, 0.29) is 29.8 Å². The Morgan fingerprint density at radius 1 is 1.00 bits per heavy atom. The number of phenols is 2. The van der Waals surface area contributed by atoms with E-state index in [4.69, 9.17) is 20.4 Å². The molecule has 4 rings (SSSR count). The van der Waals surface area contributed by atoms with Crippen LogP contribution in [0.25, 0.3) is 0 Å². The maximum Gasteiger partial charge on any atom is 0.430 e. The molecule has 50 heavy (non-hydrogen) atoms. The number of phenolic OH excluding ortho intramolecular Hbond substituents is 2. The van der Waals surface area contributed by atoms with E-state index in [2.05, 4.69) is 12.4 Å². The number of aliphatic carboxylic acids is 1. The molecule has 0 spiro atoms. The van der Waals surface area contributed by atoms with Gasteiger partial charge in [0.25, 0.3) is 0 Å². The lowest BCUT2D eigenvalue weighted by atomic mass is 9.98. The summed E-state index contributed by atoms with van der Waals surface area (Å²) >= 11 is 0. The summed E-state index contributed by atoms with van der Waals surface area (Å²) in [6, 6.07) is 18.0. The van der Waals surface area contributed by atoms with E-state index in [9.17, 15) is 37.8 Å². The second-order valence-electron chi connectivity index (χ2n) is 12.7. The molecule has 1 unspecified atom stereocenters. The third-order valence-electron chi connectivity index (χ3n) is 7.92. The zero-order valence-corrected chi connectivity index (χ0v) is 27.9. The fourth-order valence-corrected chi connectivity index (χ4v) is 5.47. The van der Waals surface area contributed by atoms with E-state index in [0.717, 1.165) is 24.1 Å². The molecule has 0 radical (unpaired) electrons. The molecule has 0 saturated carbocycles. The number of nitrogens with one attached hydrogen (secondary N) is 1. The van der Waals surface area contributed by atoms with Crippen molar-refractivity contribution >= 4 is 29.6 Å². The highest BCUT2D eigenvalue weighted by molar-refractivity contribution is 6.03. The van der Waals surface area contributed by atoms with Gasteiger partial charge in [0.15, 0.2) is 0 Å². The summed E-state index contributed by atoms with van der Waals surface area (Å²) < 4.78 is 37.5. The summed E-state index contributed by atoms with van der Waals surface area (Å²) in [4.78, 5) is 49.7. The number of quaternary nitrogens is 1. The predicted octanol–water partition coefficient (Wildman–Crippen LogP) is 3.70. The van der Waals surface area contributed by atoms with E-state index in [1.165, 1.54) is 17.0 Å². The number of anilines is 1. The number of carboxylic acids is 1. The minimum atomic E-state index is -5.19. The summed E-state index contributed by atoms with van der Waals surface area (Å²) in [6.07, 6.45) is -3.58. The van der Waals surface area contributed by atoms with Gasteiger partial charge in [0.2, 0.25) is 5.91 Å². The number of nitrogens with zero attached hydrogens (tertiary/aromatic N) is 2. The number of likely N-dealkylation sites (N-methyl/N-ethyl adjacent to an activating group) is 1. The van der Waals surface area contributed by atoms with Crippen LogP contribution in [0.15, 0.2) is 72.8 Å². The number of urea groups is 1. The maximum absolute atomic E-state index is 13.9. The first-order valence-electron chi connectivity index (χ1n) is 15.8. The van der Waals surface area contributed by atoms with Crippen molar-refractivity contribution in [1.82, 2.24) is 4.90 Å². The number of piperidine rings is 1. The Labute approximate surface area is 287 Å². The van der Waals surface area contributed by atoms with Gasteiger partial charge in [0.1, 0.15) is 36.3 Å². The molecule has 0 bridgehead atoms. The number of carbonyl (C=O) groups excluding carboxylic acids is 4. The number of carbonyl (C=O) groups is 4. The molecule has 5 N–H and O–H groups in total. The number of ether oxygens (including phenoxy) is 1. The Balaban J connectivity index is 0.000000872. The van der Waals surface area contributed by atoms with Crippen LogP contribution in [0.1, 0.15) is 37.8 Å². The monoisotopic (exact) mass is 702 g/mol. The molecule has 3 atom stereocenters. The van der Waals surface area contributed by atoms with Crippen molar-refractivity contribution in [2.75, 3.05) is 25.5 Å². The summed E-state index contributed by atoms with van der Waals surface area (Å²) in [5.41, 5.74) is 8.57. The molecule has 3 aromatic carbocycles. The van der Waals surface area contributed by atoms with Crippen LogP contribution >= 0.6 is 0 Å². The average molecular weight is 703 g/mol. The third-order valence-corrected chi connectivity index (χ3v) is 7.92. The molecule has 1 fully saturated rings. The first-order valence-corrected chi connectivity index (χ1v) is 15.8. The van der Waals surface area contributed by atoms with E-state index < -0.39 is 36.2 Å². The lowest BCUT2D eigenvalue weighted by Gasteiger charge is -2.44. The number of amides is 3. The molecule has 3 amide bonds. The van der Waals surface area contributed by atoms with Gasteiger partial charge in [0, 0.05) is 11.3 Å². The Hall–Kier alpha value is -5.15. The van der Waals surface area contributed by atoms with Crippen LogP contribution in [0.5, 0.6) is 17.2 Å². The van der Waals surface area contributed by atoms with Gasteiger partial charge in [-0.15, -0.1) is 0 Å². The van der Waals surface area contributed by atoms with Crippen LogP contribution in [0, 0.1) is 5.92 Å². The average Bonchev–Trinajstić information content (AvgIpc) is 3.02. The second kappa shape index (κ2) is 17.0. The molecule has 1 aliphatic rings. The number of hydrogen-bond donors (Lipinski definition) is 4. The minimum absolute atomic E-state index is 0.112. The number of benzene rings is 3. The molecule has 0 aromatic heterocycles. The van der Waals surface area contributed by atoms with Crippen molar-refractivity contribution < 1.29 is 56.9 Å². The number of halogens is 3. The van der Waals surface area contributed by atoms with Gasteiger partial charge in [0.05, 0.1) is 31.6 Å². The van der Waals surface area contributed by atoms with Crippen molar-refractivity contribution in [1.29, 1.82) is 0 Å². The number of esters is 1. The van der Waals surface area contributed by atoms with Crippen molar-refractivity contribution in [2.24, 2.45) is 11.7 Å². The van der Waals surface area contributed by atoms with Crippen LogP contribution < -0.4 is 20.9 Å². The number of carboxylic acid groups (broad SMARTS) is 1. The first kappa shape index (κ1) is 39.3. The highest BCUT2D eigenvalue weighted by Gasteiger charge is 2.41. The quantitative estimate of drug-likeness (QED) is 0.147. The molecule has 0 aliphatic carbocycles. The zero-order valence-electron chi connectivity index (χ0n) is 27.9. The van der Waals surface area contributed by atoms with Gasteiger partial charge in [-0.2, -0.15) is 13.2 Å². The van der Waals surface area contributed by atoms with Gasteiger partial charge in [-0.05, 0) is 73.4 Å². The fourth-order valence-electron chi connectivity index (χ4n) is 5.47. The van der Waals surface area contributed by atoms with Gasteiger partial charge < -0.3 is 40.4 Å². The molecule has 1 saturated heterocycles. The van der Waals surface area contributed by atoms with Gasteiger partial charge in [-0.3, -0.25) is 14.5 Å². The van der Waals surface area contributed by atoms with Crippen molar-refractivity contribution in [3.63, 3.8) is 0 Å². The highest BCUT2D eigenvalue weighted by atomic mass is 19.4. The first-order chi connectivity index (χ1) is 23.4. The number of likely N-dealkylation sites (tertiary alicyclic amines) is 1. The molecular formula is C35H41F3N4O8. The van der Waals surface area contributed by atoms with Gasteiger partial charge in [-0.25, -0.2) is 4.79 Å². The number of hydrogen-bond acceptors (Lipinski definition) is 9. The number of imide groups is 1. The van der Waals surface area contributed by atoms with E-state index in [1.54, 1.807) is 68.4 Å². The molecule has 3 aromatic rings. The molecule has 1 aliphatic heterocycles. The summed E-state index contributed by atoms with van der Waals surface area (Å²) in [7, 11) is 2.09. The molecule has 270 valence electrons. The lowest BCUT2D eigenvalue weighted by Crippen LogP contribution is -2.62. The largest absolute Gasteiger partial charge is 0.542 e. The van der Waals surface area contributed by atoms with Crippen molar-refractivity contribution in [3.8, 4) is 17.2 Å². The summed E-state index contributed by atoms with van der Waals surface area (Å²) in [5.74, 6) is -3.49. The Bertz CT molecular complexity index is 1630. The second-order valence-corrected chi connectivity index (χ2v) is 12.7. The number of nitrogens with two attached hydrogens (primary N) is 1. The summed E-state index contributed by atoms with van der Waals surface area (Å²) in [6.45, 7) is 5.49. The smallest absolute Gasteiger partial charge is 0.430 e. The van der Waals surface area contributed by atoms with Crippen LogP contribution in [0.3, 0.4) is 0 Å². The Morgan fingerprint density at radius 3 is 2.18 bits per heavy atom. The van der Waals surface area contributed by atoms with Crippen LogP contribution in [-0.4, -0.2) is 81.9 Å². The van der Waals surface area contributed by atoms with Crippen LogP contribution in [0.2, 0.25) is 0 Å². The van der Waals surface area contributed by atoms with E-state index >= 15 is 0 Å². The highest BCUT2D eigenvalue weighted by Crippen LogP contribution is 2.27.